The van der Waals surface area contributed by atoms with Crippen LogP contribution in [0.2, 0.25) is 0 Å². The highest BCUT2D eigenvalue weighted by Crippen LogP contribution is 2.27. The number of aromatic nitrogens is 3. The van der Waals surface area contributed by atoms with Gasteiger partial charge in [-0.05, 0) is 42.0 Å². The standard InChI is InChI=1S/C19H19N3O2/c23-18-7-3-4-8-19(18)24-13-17-12-22(21-20-17)11-14-9-15-5-1-2-6-16(15)10-14/h1-8,12,14,23H,9-11,13H2. The molecule has 0 fully saturated rings. The maximum atomic E-state index is 9.70. The lowest BCUT2D eigenvalue weighted by molar-refractivity contribution is 0.284. The highest BCUT2D eigenvalue weighted by Gasteiger charge is 2.21. The number of rotatable bonds is 5. The van der Waals surface area contributed by atoms with E-state index in [0.29, 0.717) is 18.3 Å². The van der Waals surface area contributed by atoms with Crippen LogP contribution in [0.3, 0.4) is 0 Å². The fourth-order valence-corrected chi connectivity index (χ4v) is 3.27. The van der Waals surface area contributed by atoms with Gasteiger partial charge in [0, 0.05) is 6.54 Å². The summed E-state index contributed by atoms with van der Waals surface area (Å²) < 4.78 is 7.48. The Morgan fingerprint density at radius 3 is 2.50 bits per heavy atom. The van der Waals surface area contributed by atoms with Crippen molar-refractivity contribution in [2.75, 3.05) is 0 Å². The average Bonchev–Trinajstić information content (AvgIpc) is 3.20. The van der Waals surface area contributed by atoms with E-state index in [1.807, 2.05) is 16.9 Å². The number of fused-ring (bicyclic) bond motifs is 1. The van der Waals surface area contributed by atoms with Crippen LogP contribution in [0.15, 0.2) is 54.7 Å². The van der Waals surface area contributed by atoms with Gasteiger partial charge in [-0.25, -0.2) is 0 Å². The fraction of sp³-hybridized carbons (Fsp3) is 0.263. The lowest BCUT2D eigenvalue weighted by Crippen LogP contribution is -2.11. The van der Waals surface area contributed by atoms with Crippen molar-refractivity contribution in [3.8, 4) is 11.5 Å². The monoisotopic (exact) mass is 321 g/mol. The molecular formula is C19H19N3O2. The Morgan fingerprint density at radius 2 is 1.75 bits per heavy atom. The summed E-state index contributed by atoms with van der Waals surface area (Å²) in [6.45, 7) is 1.15. The third kappa shape index (κ3) is 3.11. The van der Waals surface area contributed by atoms with Gasteiger partial charge in [0.15, 0.2) is 11.5 Å². The number of para-hydroxylation sites is 2. The molecule has 0 amide bonds. The van der Waals surface area contributed by atoms with Crippen molar-refractivity contribution in [1.82, 2.24) is 15.0 Å². The molecule has 0 aliphatic heterocycles. The lowest BCUT2D eigenvalue weighted by atomic mass is 10.1. The number of nitrogens with zero attached hydrogens (tertiary/aromatic N) is 3. The van der Waals surface area contributed by atoms with Gasteiger partial charge in [0.1, 0.15) is 12.3 Å². The van der Waals surface area contributed by atoms with Crippen LogP contribution in [-0.2, 0) is 26.0 Å². The molecule has 1 aliphatic rings. The van der Waals surface area contributed by atoms with E-state index in [9.17, 15) is 5.11 Å². The van der Waals surface area contributed by atoms with Crippen molar-refractivity contribution >= 4 is 0 Å². The molecule has 0 spiro atoms. The number of benzene rings is 2. The largest absolute Gasteiger partial charge is 0.504 e. The molecule has 1 N–H and O–H groups in total. The molecule has 3 aromatic rings. The first-order valence-corrected chi connectivity index (χ1v) is 8.14. The SMILES string of the molecule is Oc1ccccc1OCc1cn(CC2Cc3ccccc3C2)nn1. The predicted molar refractivity (Wildman–Crippen MR) is 89.8 cm³/mol. The van der Waals surface area contributed by atoms with Gasteiger partial charge in [0.05, 0.1) is 6.20 Å². The van der Waals surface area contributed by atoms with Crippen molar-refractivity contribution in [1.29, 1.82) is 0 Å². The number of ether oxygens (including phenoxy) is 1. The molecule has 5 nitrogen and oxygen atoms in total. The van der Waals surface area contributed by atoms with Crippen LogP contribution >= 0.6 is 0 Å². The maximum absolute atomic E-state index is 9.70. The predicted octanol–water partition coefficient (Wildman–Crippen LogP) is 2.98. The summed E-state index contributed by atoms with van der Waals surface area (Å²) in [5.74, 6) is 1.16. The molecule has 0 radical (unpaired) electrons. The summed E-state index contributed by atoms with van der Waals surface area (Å²) >= 11 is 0. The highest BCUT2D eigenvalue weighted by molar-refractivity contribution is 5.38. The van der Waals surface area contributed by atoms with Gasteiger partial charge >= 0.3 is 0 Å². The molecule has 24 heavy (non-hydrogen) atoms. The zero-order valence-corrected chi connectivity index (χ0v) is 13.3. The molecule has 1 aromatic heterocycles. The van der Waals surface area contributed by atoms with Crippen LogP contribution < -0.4 is 4.74 Å². The van der Waals surface area contributed by atoms with E-state index >= 15 is 0 Å². The minimum atomic E-state index is 0.133. The van der Waals surface area contributed by atoms with Gasteiger partial charge < -0.3 is 9.84 Å². The number of hydrogen-bond donors (Lipinski definition) is 1. The normalized spacial score (nSPS) is 13.8. The molecule has 0 bridgehead atoms. The third-order valence-electron chi connectivity index (χ3n) is 4.41. The Kier molecular flexibility index (Phi) is 3.91. The van der Waals surface area contributed by atoms with Crippen LogP contribution in [0.1, 0.15) is 16.8 Å². The third-order valence-corrected chi connectivity index (χ3v) is 4.41. The smallest absolute Gasteiger partial charge is 0.161 e. The van der Waals surface area contributed by atoms with Crippen LogP contribution in [-0.4, -0.2) is 20.1 Å². The topological polar surface area (TPSA) is 60.2 Å². The Hall–Kier alpha value is -2.82. The molecule has 0 atom stereocenters. The fourth-order valence-electron chi connectivity index (χ4n) is 3.27. The van der Waals surface area contributed by atoms with Crippen LogP contribution in [0.25, 0.3) is 0 Å². The molecule has 1 heterocycles. The van der Waals surface area contributed by atoms with Crippen LogP contribution in [0.4, 0.5) is 0 Å². The summed E-state index contributed by atoms with van der Waals surface area (Å²) in [5.41, 5.74) is 3.66. The number of aromatic hydroxyl groups is 1. The number of hydrogen-bond acceptors (Lipinski definition) is 4. The Morgan fingerprint density at radius 1 is 1.04 bits per heavy atom. The molecule has 2 aromatic carbocycles. The van der Waals surface area contributed by atoms with E-state index in [-0.39, 0.29) is 5.75 Å². The van der Waals surface area contributed by atoms with Gasteiger partial charge in [-0.1, -0.05) is 41.6 Å². The molecule has 122 valence electrons. The Labute approximate surface area is 140 Å². The molecule has 0 unspecified atom stereocenters. The van der Waals surface area contributed by atoms with Crippen molar-refractivity contribution in [2.24, 2.45) is 5.92 Å². The molecule has 5 heteroatoms. The Bertz CT molecular complexity index is 819. The van der Waals surface area contributed by atoms with Gasteiger partial charge in [0.25, 0.3) is 0 Å². The summed E-state index contributed by atoms with van der Waals surface area (Å²) in [7, 11) is 0. The van der Waals surface area contributed by atoms with E-state index in [1.165, 1.54) is 11.1 Å². The second kappa shape index (κ2) is 6.35. The van der Waals surface area contributed by atoms with E-state index < -0.39 is 0 Å². The van der Waals surface area contributed by atoms with Gasteiger partial charge in [-0.2, -0.15) is 0 Å². The molecule has 4 rings (SSSR count). The minimum absolute atomic E-state index is 0.133. The van der Waals surface area contributed by atoms with Gasteiger partial charge in [-0.15, -0.1) is 5.10 Å². The quantitative estimate of drug-likeness (QED) is 0.785. The van der Waals surface area contributed by atoms with Crippen molar-refractivity contribution in [3.05, 3.63) is 71.5 Å². The summed E-state index contributed by atoms with van der Waals surface area (Å²) in [6.07, 6.45) is 4.11. The number of phenols is 1. The van der Waals surface area contributed by atoms with Crippen molar-refractivity contribution < 1.29 is 9.84 Å². The number of phenolic OH excluding ortho intramolecular Hbond substituents is 1. The van der Waals surface area contributed by atoms with Gasteiger partial charge in [0.2, 0.25) is 0 Å². The van der Waals surface area contributed by atoms with Gasteiger partial charge in [-0.3, -0.25) is 4.68 Å². The Balaban J connectivity index is 1.35. The van der Waals surface area contributed by atoms with E-state index in [1.54, 1.807) is 18.2 Å². The van der Waals surface area contributed by atoms with E-state index in [2.05, 4.69) is 34.6 Å². The lowest BCUT2D eigenvalue weighted by Gasteiger charge is -2.08. The highest BCUT2D eigenvalue weighted by atomic mass is 16.5. The first kappa shape index (κ1) is 14.8. The summed E-state index contributed by atoms with van der Waals surface area (Å²) in [4.78, 5) is 0. The van der Waals surface area contributed by atoms with Crippen LogP contribution in [0, 0.1) is 5.92 Å². The molecular weight excluding hydrogens is 302 g/mol. The van der Waals surface area contributed by atoms with E-state index in [4.69, 9.17) is 4.74 Å². The maximum Gasteiger partial charge on any atom is 0.161 e. The zero-order valence-electron chi connectivity index (χ0n) is 13.3. The molecule has 1 aliphatic carbocycles. The minimum Gasteiger partial charge on any atom is -0.504 e. The summed E-state index contributed by atoms with van der Waals surface area (Å²) in [6, 6.07) is 15.5. The van der Waals surface area contributed by atoms with Crippen molar-refractivity contribution in [2.45, 2.75) is 26.0 Å². The first-order valence-electron chi connectivity index (χ1n) is 8.14. The average molecular weight is 321 g/mol. The van der Waals surface area contributed by atoms with E-state index in [0.717, 1.165) is 25.1 Å². The molecule has 0 saturated carbocycles. The first-order chi connectivity index (χ1) is 11.8. The second-order valence-corrected chi connectivity index (χ2v) is 6.23. The second-order valence-electron chi connectivity index (χ2n) is 6.23. The van der Waals surface area contributed by atoms with Crippen LogP contribution in [0.5, 0.6) is 11.5 Å². The zero-order chi connectivity index (χ0) is 16.4. The molecule has 0 saturated heterocycles. The van der Waals surface area contributed by atoms with Crippen molar-refractivity contribution in [3.63, 3.8) is 0 Å². The summed E-state index contributed by atoms with van der Waals surface area (Å²) in [5, 5.41) is 18.1.